The minimum Gasteiger partial charge on any atom is -0.492 e. The molecule has 6 heteroatoms. The third-order valence-corrected chi connectivity index (χ3v) is 3.29. The van der Waals surface area contributed by atoms with E-state index in [0.29, 0.717) is 24.4 Å². The Bertz CT molecular complexity index is 731. The van der Waals surface area contributed by atoms with Gasteiger partial charge in [-0.1, -0.05) is 18.2 Å². The maximum absolute atomic E-state index is 12.2. The maximum atomic E-state index is 12.2. The number of nitrogens with one attached hydrogen (secondary N) is 2. The highest BCUT2D eigenvalue weighted by molar-refractivity contribution is 5.96. The normalized spacial score (nSPS) is 10.0. The van der Waals surface area contributed by atoms with Gasteiger partial charge in [-0.05, 0) is 49.7 Å². The summed E-state index contributed by atoms with van der Waals surface area (Å²) >= 11 is 0. The van der Waals surface area contributed by atoms with Crippen molar-refractivity contribution in [1.82, 2.24) is 5.32 Å². The summed E-state index contributed by atoms with van der Waals surface area (Å²) in [6.45, 7) is 4.75. The van der Waals surface area contributed by atoms with Crippen LogP contribution in [0.5, 0.6) is 5.75 Å². The monoisotopic (exact) mass is 342 g/mol. The lowest BCUT2D eigenvalue weighted by molar-refractivity contribution is 0.0947. The number of benzene rings is 2. The van der Waals surface area contributed by atoms with E-state index in [9.17, 15) is 9.59 Å². The molecule has 0 unspecified atom stereocenters. The molecular weight excluding hydrogens is 320 g/mol. The number of anilines is 1. The lowest BCUT2D eigenvalue weighted by Gasteiger charge is -2.09. The Morgan fingerprint density at radius 3 is 2.64 bits per heavy atom. The fraction of sp³-hybridized carbons (Fsp3) is 0.263. The van der Waals surface area contributed by atoms with E-state index in [1.54, 1.807) is 31.2 Å². The predicted octanol–water partition coefficient (Wildman–Crippen LogP) is 3.37. The Morgan fingerprint density at radius 2 is 1.88 bits per heavy atom. The molecule has 2 aromatic rings. The van der Waals surface area contributed by atoms with Crippen LogP contribution in [0.3, 0.4) is 0 Å². The van der Waals surface area contributed by atoms with Crippen LogP contribution in [0.1, 0.15) is 22.8 Å². The standard InChI is InChI=1S/C19H22N2O4/c1-3-24-19(23)21-16-8-5-7-15(13-16)18(22)20-10-11-25-17-9-4-6-14(2)12-17/h4-9,12-13H,3,10-11H2,1-2H3,(H,20,22)(H,21,23). The van der Waals surface area contributed by atoms with Crippen LogP contribution in [0.15, 0.2) is 48.5 Å². The second-order valence-electron chi connectivity index (χ2n) is 5.35. The molecule has 0 aliphatic rings. The van der Waals surface area contributed by atoms with Crippen molar-refractivity contribution in [2.24, 2.45) is 0 Å². The lowest BCUT2D eigenvalue weighted by Crippen LogP contribution is -2.28. The van der Waals surface area contributed by atoms with E-state index in [1.807, 2.05) is 31.2 Å². The molecule has 0 bridgehead atoms. The Morgan fingerprint density at radius 1 is 1.08 bits per heavy atom. The van der Waals surface area contributed by atoms with Gasteiger partial charge in [-0.25, -0.2) is 4.79 Å². The third kappa shape index (κ3) is 6.18. The zero-order valence-corrected chi connectivity index (χ0v) is 14.4. The largest absolute Gasteiger partial charge is 0.492 e. The molecule has 25 heavy (non-hydrogen) atoms. The Kier molecular flexibility index (Phi) is 6.83. The molecule has 0 atom stereocenters. The van der Waals surface area contributed by atoms with Crippen molar-refractivity contribution in [3.63, 3.8) is 0 Å². The summed E-state index contributed by atoms with van der Waals surface area (Å²) in [7, 11) is 0. The first kappa shape index (κ1) is 18.3. The molecular formula is C19H22N2O4. The minimum absolute atomic E-state index is 0.236. The van der Waals surface area contributed by atoms with E-state index in [2.05, 4.69) is 10.6 Å². The molecule has 6 nitrogen and oxygen atoms in total. The van der Waals surface area contributed by atoms with Crippen molar-refractivity contribution in [3.05, 3.63) is 59.7 Å². The summed E-state index contributed by atoms with van der Waals surface area (Å²) in [5.74, 6) is 0.537. The van der Waals surface area contributed by atoms with Crippen LogP contribution in [0, 0.1) is 6.92 Å². The van der Waals surface area contributed by atoms with Gasteiger partial charge < -0.3 is 14.8 Å². The SMILES string of the molecule is CCOC(=O)Nc1cccc(C(=O)NCCOc2cccc(C)c2)c1. The van der Waals surface area contributed by atoms with Crippen molar-refractivity contribution >= 4 is 17.7 Å². The summed E-state index contributed by atoms with van der Waals surface area (Å²) < 4.78 is 10.4. The van der Waals surface area contributed by atoms with Crippen molar-refractivity contribution in [2.45, 2.75) is 13.8 Å². The number of carbonyl (C=O) groups is 2. The van der Waals surface area contributed by atoms with Crippen LogP contribution < -0.4 is 15.4 Å². The highest BCUT2D eigenvalue weighted by atomic mass is 16.5. The van der Waals surface area contributed by atoms with Gasteiger partial charge in [-0.3, -0.25) is 10.1 Å². The third-order valence-electron chi connectivity index (χ3n) is 3.29. The molecule has 2 N–H and O–H groups in total. The summed E-state index contributed by atoms with van der Waals surface area (Å²) in [5.41, 5.74) is 2.07. The second kappa shape index (κ2) is 9.32. The molecule has 0 saturated carbocycles. The first-order valence-electron chi connectivity index (χ1n) is 8.10. The molecule has 0 aliphatic carbocycles. The zero-order chi connectivity index (χ0) is 18.1. The minimum atomic E-state index is -0.549. The highest BCUT2D eigenvalue weighted by Crippen LogP contribution is 2.12. The van der Waals surface area contributed by atoms with E-state index in [1.165, 1.54) is 0 Å². The van der Waals surface area contributed by atoms with Crippen LogP contribution >= 0.6 is 0 Å². The molecule has 0 heterocycles. The van der Waals surface area contributed by atoms with Gasteiger partial charge in [0.05, 0.1) is 13.2 Å². The number of rotatable bonds is 7. The van der Waals surface area contributed by atoms with E-state index in [-0.39, 0.29) is 12.5 Å². The van der Waals surface area contributed by atoms with Gasteiger partial charge in [-0.15, -0.1) is 0 Å². The quantitative estimate of drug-likeness (QED) is 0.756. The van der Waals surface area contributed by atoms with Gasteiger partial charge in [0.25, 0.3) is 5.91 Å². The topological polar surface area (TPSA) is 76.7 Å². The van der Waals surface area contributed by atoms with E-state index < -0.39 is 6.09 Å². The van der Waals surface area contributed by atoms with Crippen molar-refractivity contribution in [3.8, 4) is 5.75 Å². The number of ether oxygens (including phenoxy) is 2. The average molecular weight is 342 g/mol. The molecule has 2 rings (SSSR count). The number of carbonyl (C=O) groups excluding carboxylic acids is 2. The molecule has 0 fully saturated rings. The van der Waals surface area contributed by atoms with E-state index in [0.717, 1.165) is 11.3 Å². The number of amides is 2. The van der Waals surface area contributed by atoms with Crippen LogP contribution in [0.25, 0.3) is 0 Å². The second-order valence-corrected chi connectivity index (χ2v) is 5.35. The fourth-order valence-corrected chi connectivity index (χ4v) is 2.16. The zero-order valence-electron chi connectivity index (χ0n) is 14.4. The molecule has 2 aromatic carbocycles. The van der Waals surface area contributed by atoms with Crippen LogP contribution in [0.2, 0.25) is 0 Å². The van der Waals surface area contributed by atoms with Crippen LogP contribution in [-0.2, 0) is 4.74 Å². The Hall–Kier alpha value is -3.02. The molecule has 132 valence electrons. The van der Waals surface area contributed by atoms with Crippen molar-refractivity contribution in [1.29, 1.82) is 0 Å². The van der Waals surface area contributed by atoms with Gasteiger partial charge in [0.15, 0.2) is 0 Å². The first-order chi connectivity index (χ1) is 12.1. The molecule has 0 aliphatic heterocycles. The van der Waals surface area contributed by atoms with E-state index >= 15 is 0 Å². The molecule has 2 amide bonds. The number of hydrogen-bond acceptors (Lipinski definition) is 4. The van der Waals surface area contributed by atoms with Gasteiger partial charge in [-0.2, -0.15) is 0 Å². The lowest BCUT2D eigenvalue weighted by atomic mass is 10.2. The van der Waals surface area contributed by atoms with Gasteiger partial charge >= 0.3 is 6.09 Å². The summed E-state index contributed by atoms with van der Waals surface area (Å²) in [6.07, 6.45) is -0.549. The molecule has 0 saturated heterocycles. The average Bonchev–Trinajstić information content (AvgIpc) is 2.59. The first-order valence-corrected chi connectivity index (χ1v) is 8.10. The Labute approximate surface area is 147 Å². The highest BCUT2D eigenvalue weighted by Gasteiger charge is 2.08. The van der Waals surface area contributed by atoms with Gasteiger partial charge in [0.2, 0.25) is 0 Å². The van der Waals surface area contributed by atoms with Crippen LogP contribution in [-0.4, -0.2) is 31.8 Å². The molecule has 0 radical (unpaired) electrons. The molecule has 0 spiro atoms. The van der Waals surface area contributed by atoms with Gasteiger partial charge in [0.1, 0.15) is 12.4 Å². The Balaban J connectivity index is 1.81. The fourth-order valence-electron chi connectivity index (χ4n) is 2.16. The summed E-state index contributed by atoms with van der Waals surface area (Å²) in [5, 5.41) is 5.35. The number of aryl methyl sites for hydroxylation is 1. The summed E-state index contributed by atoms with van der Waals surface area (Å²) in [6, 6.07) is 14.4. The van der Waals surface area contributed by atoms with Gasteiger partial charge in [0, 0.05) is 11.3 Å². The van der Waals surface area contributed by atoms with Crippen LogP contribution in [0.4, 0.5) is 10.5 Å². The predicted molar refractivity (Wildman–Crippen MR) is 96.1 cm³/mol. The maximum Gasteiger partial charge on any atom is 0.411 e. The number of hydrogen-bond donors (Lipinski definition) is 2. The van der Waals surface area contributed by atoms with E-state index in [4.69, 9.17) is 9.47 Å². The van der Waals surface area contributed by atoms with Crippen molar-refractivity contribution in [2.75, 3.05) is 25.1 Å². The van der Waals surface area contributed by atoms with Crippen molar-refractivity contribution < 1.29 is 19.1 Å². The molecule has 0 aromatic heterocycles. The summed E-state index contributed by atoms with van der Waals surface area (Å²) in [4.78, 5) is 23.6. The smallest absolute Gasteiger partial charge is 0.411 e.